The second-order valence-corrected chi connectivity index (χ2v) is 2.84. The van der Waals surface area contributed by atoms with E-state index < -0.39 is 0 Å². The van der Waals surface area contributed by atoms with Crippen LogP contribution in [0.3, 0.4) is 0 Å². The van der Waals surface area contributed by atoms with E-state index in [-0.39, 0.29) is 19.5 Å². The van der Waals surface area contributed by atoms with E-state index in [0.29, 0.717) is 12.2 Å². The van der Waals surface area contributed by atoms with Gasteiger partial charge in [-0.1, -0.05) is 36.9 Å². The van der Waals surface area contributed by atoms with Crippen LogP contribution in [0.15, 0.2) is 42.5 Å². The summed E-state index contributed by atoms with van der Waals surface area (Å²) < 4.78 is 4.95. The number of esters is 1. The Morgan fingerprint density at radius 1 is 1.36 bits per heavy atom. The summed E-state index contributed by atoms with van der Waals surface area (Å²) in [5.74, 6) is -0.344. The van der Waals surface area contributed by atoms with Gasteiger partial charge in [0, 0.05) is 5.57 Å². The summed E-state index contributed by atoms with van der Waals surface area (Å²) in [5.41, 5.74) is 1.41. The molecule has 0 aliphatic carbocycles. The van der Waals surface area contributed by atoms with Crippen LogP contribution in [0.5, 0.6) is 0 Å². The van der Waals surface area contributed by atoms with Crippen LogP contribution in [0.1, 0.15) is 12.5 Å². The highest BCUT2D eigenvalue weighted by molar-refractivity contribution is 7.59. The molecule has 0 N–H and O–H groups in total. The van der Waals surface area contributed by atoms with Gasteiger partial charge in [-0.3, -0.25) is 0 Å². The second kappa shape index (κ2) is 6.27. The number of carbonyl (C=O) groups is 1. The van der Waals surface area contributed by atoms with Gasteiger partial charge in [-0.15, -0.1) is 0 Å². The maximum atomic E-state index is 11.0. The Morgan fingerprint density at radius 3 is 2.43 bits per heavy atom. The molecule has 1 aromatic carbocycles. The SMILES string of the molecule is C=C(C)C(=O)OCc1ccccc1.S. The van der Waals surface area contributed by atoms with Crippen LogP contribution in [0.4, 0.5) is 0 Å². The quantitative estimate of drug-likeness (QED) is 0.565. The fourth-order valence-corrected chi connectivity index (χ4v) is 0.846. The number of rotatable bonds is 3. The van der Waals surface area contributed by atoms with Crippen molar-refractivity contribution < 1.29 is 9.53 Å². The zero-order valence-electron chi connectivity index (χ0n) is 8.12. The first-order chi connectivity index (χ1) is 6.20. The van der Waals surface area contributed by atoms with Crippen molar-refractivity contribution >= 4 is 19.5 Å². The number of benzene rings is 1. The molecule has 1 aromatic rings. The van der Waals surface area contributed by atoms with Gasteiger partial charge in [0.25, 0.3) is 0 Å². The first-order valence-electron chi connectivity index (χ1n) is 4.06. The molecule has 0 saturated carbocycles. The molecule has 0 radical (unpaired) electrons. The molecule has 2 nitrogen and oxygen atoms in total. The first-order valence-corrected chi connectivity index (χ1v) is 4.06. The highest BCUT2D eigenvalue weighted by Gasteiger charge is 2.02. The minimum atomic E-state index is -0.344. The van der Waals surface area contributed by atoms with Crippen molar-refractivity contribution in [3.8, 4) is 0 Å². The molecule has 0 heterocycles. The minimum Gasteiger partial charge on any atom is -0.457 e. The largest absolute Gasteiger partial charge is 0.457 e. The van der Waals surface area contributed by atoms with E-state index in [0.717, 1.165) is 5.56 Å². The summed E-state index contributed by atoms with van der Waals surface area (Å²) >= 11 is 0. The van der Waals surface area contributed by atoms with E-state index in [2.05, 4.69) is 6.58 Å². The van der Waals surface area contributed by atoms with Gasteiger partial charge in [-0.05, 0) is 12.5 Å². The highest BCUT2D eigenvalue weighted by atomic mass is 32.1. The Morgan fingerprint density at radius 2 is 1.93 bits per heavy atom. The molecule has 14 heavy (non-hydrogen) atoms. The van der Waals surface area contributed by atoms with Crippen molar-refractivity contribution in [1.82, 2.24) is 0 Å². The molecule has 0 fully saturated rings. The Balaban J connectivity index is 0.00000169. The number of ether oxygens (including phenoxy) is 1. The molecule has 0 saturated heterocycles. The molecular weight excluding hydrogens is 196 g/mol. The third kappa shape index (κ3) is 4.14. The fraction of sp³-hybridized carbons (Fsp3) is 0.182. The maximum absolute atomic E-state index is 11.0. The summed E-state index contributed by atoms with van der Waals surface area (Å²) in [6.07, 6.45) is 0. The summed E-state index contributed by atoms with van der Waals surface area (Å²) in [6, 6.07) is 9.55. The summed E-state index contributed by atoms with van der Waals surface area (Å²) in [4.78, 5) is 11.0. The molecule has 3 heteroatoms. The van der Waals surface area contributed by atoms with Gasteiger partial charge >= 0.3 is 5.97 Å². The lowest BCUT2D eigenvalue weighted by Crippen LogP contribution is -2.04. The average Bonchev–Trinajstić information content (AvgIpc) is 2.15. The van der Waals surface area contributed by atoms with E-state index in [4.69, 9.17) is 4.74 Å². The van der Waals surface area contributed by atoms with Gasteiger partial charge in [-0.25, -0.2) is 4.79 Å². The van der Waals surface area contributed by atoms with Crippen LogP contribution in [-0.4, -0.2) is 5.97 Å². The molecular formula is C11H14O2S. The third-order valence-corrected chi connectivity index (χ3v) is 1.56. The van der Waals surface area contributed by atoms with Crippen LogP contribution in [0.2, 0.25) is 0 Å². The first kappa shape index (κ1) is 12.8. The van der Waals surface area contributed by atoms with Crippen molar-refractivity contribution in [2.45, 2.75) is 13.5 Å². The van der Waals surface area contributed by atoms with Crippen LogP contribution < -0.4 is 0 Å². The molecule has 0 aliphatic heterocycles. The number of hydrogen-bond donors (Lipinski definition) is 0. The lowest BCUT2D eigenvalue weighted by molar-refractivity contribution is -0.140. The molecule has 0 amide bonds. The molecule has 0 unspecified atom stereocenters. The van der Waals surface area contributed by atoms with E-state index in [9.17, 15) is 4.79 Å². The lowest BCUT2D eigenvalue weighted by atomic mass is 10.2. The van der Waals surface area contributed by atoms with E-state index in [1.807, 2.05) is 30.3 Å². The van der Waals surface area contributed by atoms with Crippen molar-refractivity contribution in [2.24, 2.45) is 0 Å². The molecule has 76 valence electrons. The van der Waals surface area contributed by atoms with E-state index in [1.165, 1.54) is 0 Å². The maximum Gasteiger partial charge on any atom is 0.333 e. The Kier molecular flexibility index (Phi) is 5.72. The Labute approximate surface area is 91.0 Å². The third-order valence-electron chi connectivity index (χ3n) is 1.56. The number of carbonyl (C=O) groups excluding carboxylic acids is 1. The van der Waals surface area contributed by atoms with Crippen molar-refractivity contribution in [3.05, 3.63) is 48.0 Å². The molecule has 0 bridgehead atoms. The molecule has 0 spiro atoms. The molecule has 1 rings (SSSR count). The highest BCUT2D eigenvalue weighted by Crippen LogP contribution is 2.02. The molecule has 0 aromatic heterocycles. The van der Waals surface area contributed by atoms with Crippen LogP contribution in [0.25, 0.3) is 0 Å². The molecule has 0 aliphatic rings. The molecule has 0 atom stereocenters. The summed E-state index contributed by atoms with van der Waals surface area (Å²) in [7, 11) is 0. The van der Waals surface area contributed by atoms with Gasteiger partial charge in [0.1, 0.15) is 6.61 Å². The van der Waals surface area contributed by atoms with E-state index in [1.54, 1.807) is 6.92 Å². The minimum absolute atomic E-state index is 0. The van der Waals surface area contributed by atoms with Gasteiger partial charge in [0.15, 0.2) is 0 Å². The topological polar surface area (TPSA) is 26.3 Å². The second-order valence-electron chi connectivity index (χ2n) is 2.84. The Hall–Kier alpha value is -1.22. The average molecular weight is 210 g/mol. The van der Waals surface area contributed by atoms with Gasteiger partial charge in [0.05, 0.1) is 0 Å². The zero-order chi connectivity index (χ0) is 9.68. The van der Waals surface area contributed by atoms with Gasteiger partial charge in [0.2, 0.25) is 0 Å². The van der Waals surface area contributed by atoms with Crippen LogP contribution in [0, 0.1) is 0 Å². The monoisotopic (exact) mass is 210 g/mol. The van der Waals surface area contributed by atoms with Crippen molar-refractivity contribution in [1.29, 1.82) is 0 Å². The standard InChI is InChI=1S/C11H12O2.H2S/c1-9(2)11(12)13-8-10-6-4-3-5-7-10;/h3-7H,1,8H2,2H3;1H2. The number of hydrogen-bond acceptors (Lipinski definition) is 2. The predicted octanol–water partition coefficient (Wildman–Crippen LogP) is 2.42. The van der Waals surface area contributed by atoms with Gasteiger partial charge < -0.3 is 4.74 Å². The van der Waals surface area contributed by atoms with Gasteiger partial charge in [-0.2, -0.15) is 13.5 Å². The summed E-state index contributed by atoms with van der Waals surface area (Å²) in [6.45, 7) is 5.44. The summed E-state index contributed by atoms with van der Waals surface area (Å²) in [5, 5.41) is 0. The Bertz CT molecular complexity index is 306. The van der Waals surface area contributed by atoms with Crippen molar-refractivity contribution in [3.63, 3.8) is 0 Å². The normalized spacial score (nSPS) is 8.64. The lowest BCUT2D eigenvalue weighted by Gasteiger charge is -2.03. The smallest absolute Gasteiger partial charge is 0.333 e. The van der Waals surface area contributed by atoms with E-state index >= 15 is 0 Å². The van der Waals surface area contributed by atoms with Crippen LogP contribution >= 0.6 is 13.5 Å². The van der Waals surface area contributed by atoms with Crippen molar-refractivity contribution in [2.75, 3.05) is 0 Å². The van der Waals surface area contributed by atoms with Crippen LogP contribution in [-0.2, 0) is 16.1 Å². The zero-order valence-corrected chi connectivity index (χ0v) is 9.12. The fourth-order valence-electron chi connectivity index (χ4n) is 0.846. The predicted molar refractivity (Wildman–Crippen MR) is 61.4 cm³/mol.